The van der Waals surface area contributed by atoms with Gasteiger partial charge in [-0.2, -0.15) is 5.26 Å². The van der Waals surface area contributed by atoms with Gasteiger partial charge in [-0.3, -0.25) is 4.31 Å². The quantitative estimate of drug-likeness (QED) is 0.547. The van der Waals surface area contributed by atoms with Gasteiger partial charge >= 0.3 is 0 Å². The lowest BCUT2D eigenvalue weighted by Crippen LogP contribution is -2.39. The predicted octanol–water partition coefficient (Wildman–Crippen LogP) is 5.17. The Morgan fingerprint density at radius 2 is 1.85 bits per heavy atom. The molecule has 0 amide bonds. The second-order valence-corrected chi connectivity index (χ2v) is 10.5. The van der Waals surface area contributed by atoms with Crippen molar-refractivity contribution in [2.24, 2.45) is 5.73 Å². The zero-order valence-electron chi connectivity index (χ0n) is 18.2. The molecular weight excluding hydrogens is 470 g/mol. The van der Waals surface area contributed by atoms with Crippen molar-refractivity contribution in [3.63, 3.8) is 0 Å². The Morgan fingerprint density at radius 1 is 1.09 bits per heavy atom. The third-order valence-electron chi connectivity index (χ3n) is 5.95. The lowest BCUT2D eigenvalue weighted by Gasteiger charge is -2.38. The Balaban J connectivity index is 1.77. The van der Waals surface area contributed by atoms with Gasteiger partial charge < -0.3 is 10.5 Å². The zero-order chi connectivity index (χ0) is 24.0. The van der Waals surface area contributed by atoms with Crippen LogP contribution in [0.5, 0.6) is 0 Å². The van der Waals surface area contributed by atoms with Gasteiger partial charge in [-0.25, -0.2) is 8.42 Å². The van der Waals surface area contributed by atoms with E-state index in [9.17, 15) is 13.7 Å². The molecule has 5 rings (SSSR count). The Kier molecular flexibility index (Phi) is 5.35. The average molecular weight is 490 g/mol. The van der Waals surface area contributed by atoms with Crippen LogP contribution in [-0.4, -0.2) is 8.42 Å². The lowest BCUT2D eigenvalue weighted by molar-refractivity contribution is 0.357. The first kappa shape index (κ1) is 22.1. The van der Waals surface area contributed by atoms with E-state index in [4.69, 9.17) is 22.1 Å². The third kappa shape index (κ3) is 3.52. The third-order valence-corrected chi connectivity index (χ3v) is 8.07. The van der Waals surface area contributed by atoms with Crippen molar-refractivity contribution in [1.82, 2.24) is 0 Å². The zero-order valence-corrected chi connectivity index (χ0v) is 19.8. The topological polar surface area (TPSA) is 96.4 Å². The van der Waals surface area contributed by atoms with Crippen molar-refractivity contribution in [3.8, 4) is 6.07 Å². The van der Waals surface area contributed by atoms with E-state index in [1.807, 2.05) is 37.3 Å². The first-order chi connectivity index (χ1) is 16.3. The molecule has 0 saturated heterocycles. The number of allylic oxidation sites excluding steroid dienone is 2. The van der Waals surface area contributed by atoms with Crippen molar-refractivity contribution < 1.29 is 13.2 Å². The van der Waals surface area contributed by atoms with Crippen LogP contribution in [0.2, 0.25) is 5.02 Å². The molecule has 0 aromatic heterocycles. The van der Waals surface area contributed by atoms with E-state index in [0.29, 0.717) is 21.8 Å². The van der Waals surface area contributed by atoms with Crippen molar-refractivity contribution in [3.05, 3.63) is 116 Å². The van der Waals surface area contributed by atoms with Crippen LogP contribution in [0.15, 0.2) is 89.2 Å². The van der Waals surface area contributed by atoms with Gasteiger partial charge in [-0.15, -0.1) is 0 Å². The summed E-state index contributed by atoms with van der Waals surface area (Å²) in [5.74, 6) is -0.938. The van der Waals surface area contributed by atoms with Crippen molar-refractivity contribution in [1.29, 1.82) is 5.26 Å². The summed E-state index contributed by atoms with van der Waals surface area (Å²) in [6, 6.07) is 23.7. The Labute approximate surface area is 203 Å². The number of fused-ring (bicyclic) bond motifs is 2. The Bertz CT molecular complexity index is 1540. The van der Waals surface area contributed by atoms with E-state index in [1.54, 1.807) is 42.5 Å². The highest BCUT2D eigenvalue weighted by molar-refractivity contribution is 7.96. The molecule has 2 heterocycles. The van der Waals surface area contributed by atoms with E-state index in [2.05, 4.69) is 6.07 Å². The fourth-order valence-corrected chi connectivity index (χ4v) is 6.59. The molecule has 3 aromatic rings. The number of para-hydroxylation sites is 1. The normalized spacial score (nSPS) is 18.6. The summed E-state index contributed by atoms with van der Waals surface area (Å²) in [6.45, 7) is 2.08. The number of halogens is 1. The number of benzene rings is 3. The number of hydrogen-bond donors (Lipinski definition) is 1. The number of sulfonamides is 1. The van der Waals surface area contributed by atoms with Gasteiger partial charge in [0.15, 0.2) is 5.76 Å². The van der Waals surface area contributed by atoms with Gasteiger partial charge in [0.2, 0.25) is 5.88 Å². The van der Waals surface area contributed by atoms with Crippen LogP contribution in [0.25, 0.3) is 5.76 Å². The highest BCUT2D eigenvalue weighted by Crippen LogP contribution is 2.51. The molecule has 0 radical (unpaired) electrons. The summed E-state index contributed by atoms with van der Waals surface area (Å²) >= 11 is 6.23. The number of nitrogens with two attached hydrogens (primary N) is 1. The first-order valence-corrected chi connectivity index (χ1v) is 12.4. The van der Waals surface area contributed by atoms with Gasteiger partial charge in [0, 0.05) is 10.6 Å². The van der Waals surface area contributed by atoms with E-state index >= 15 is 0 Å². The molecule has 1 atom stereocenters. The second-order valence-electron chi connectivity index (χ2n) is 8.19. The van der Waals surface area contributed by atoms with Crippen LogP contribution in [0.4, 0.5) is 5.69 Å². The number of anilines is 1. The molecule has 1 unspecified atom stereocenters. The van der Waals surface area contributed by atoms with Gasteiger partial charge in [0.25, 0.3) is 10.0 Å². The van der Waals surface area contributed by atoms with Crippen LogP contribution in [-0.2, 0) is 21.3 Å². The van der Waals surface area contributed by atoms with Crippen LogP contribution in [0, 0.1) is 18.3 Å². The summed E-state index contributed by atoms with van der Waals surface area (Å²) in [5, 5.41) is 10.3. The number of nitrogens with zero attached hydrogens (tertiary/aromatic N) is 2. The summed E-state index contributed by atoms with van der Waals surface area (Å²) in [7, 11) is -4.12. The number of nitriles is 1. The predicted molar refractivity (Wildman–Crippen MR) is 132 cm³/mol. The van der Waals surface area contributed by atoms with Crippen molar-refractivity contribution >= 4 is 33.1 Å². The minimum atomic E-state index is -4.12. The van der Waals surface area contributed by atoms with Gasteiger partial charge in [-0.05, 0) is 42.3 Å². The molecule has 170 valence electrons. The molecule has 2 aliphatic rings. The molecule has 0 spiro atoms. The van der Waals surface area contributed by atoms with E-state index in [1.165, 1.54) is 4.31 Å². The van der Waals surface area contributed by atoms with Gasteiger partial charge in [0.1, 0.15) is 16.5 Å². The molecular formula is C26H20ClN3O3S. The minimum Gasteiger partial charge on any atom is -0.439 e. The van der Waals surface area contributed by atoms with Gasteiger partial charge in [-0.1, -0.05) is 65.7 Å². The summed E-state index contributed by atoms with van der Waals surface area (Å²) in [4.78, 5) is -0.0214. The van der Waals surface area contributed by atoms with Crippen molar-refractivity contribution in [2.45, 2.75) is 19.4 Å². The standard InChI is InChI=1S/C26H20ClN3O3S/c1-16-6-4-7-17(12-16)15-30-22-11-3-2-10-20(22)24-25(34(30,31)32)23(21(14-28)26(29)33-24)18-8-5-9-19(27)13-18/h2-13,23H,15,29H2,1H3. The fourth-order valence-electron chi connectivity index (χ4n) is 4.48. The monoisotopic (exact) mass is 489 g/mol. The summed E-state index contributed by atoms with van der Waals surface area (Å²) in [6.07, 6.45) is 0. The minimum absolute atomic E-state index is 0.0214. The molecule has 34 heavy (non-hydrogen) atoms. The average Bonchev–Trinajstić information content (AvgIpc) is 2.81. The molecule has 0 aliphatic carbocycles. The molecule has 2 N–H and O–H groups in total. The van der Waals surface area contributed by atoms with Crippen molar-refractivity contribution in [2.75, 3.05) is 4.31 Å². The molecule has 3 aromatic carbocycles. The molecule has 0 saturated carbocycles. The maximum atomic E-state index is 14.2. The van der Waals surface area contributed by atoms with Gasteiger partial charge in [0.05, 0.1) is 18.2 Å². The van der Waals surface area contributed by atoms with Crippen LogP contribution in [0.1, 0.15) is 28.2 Å². The highest BCUT2D eigenvalue weighted by Gasteiger charge is 2.47. The molecule has 0 bridgehead atoms. The second kappa shape index (κ2) is 8.24. The maximum absolute atomic E-state index is 14.2. The van der Waals surface area contributed by atoms with E-state index < -0.39 is 15.9 Å². The number of aryl methyl sites for hydroxylation is 1. The van der Waals surface area contributed by atoms with Crippen LogP contribution < -0.4 is 10.0 Å². The number of rotatable bonds is 3. The highest BCUT2D eigenvalue weighted by atomic mass is 35.5. The summed E-state index contributed by atoms with van der Waals surface area (Å²) < 4.78 is 35.6. The lowest BCUT2D eigenvalue weighted by atomic mass is 9.88. The van der Waals surface area contributed by atoms with Crippen LogP contribution in [0.3, 0.4) is 0 Å². The smallest absolute Gasteiger partial charge is 0.265 e. The fraction of sp³-hybridized carbons (Fsp3) is 0.115. The van der Waals surface area contributed by atoms with Crippen LogP contribution >= 0.6 is 11.6 Å². The molecule has 6 nitrogen and oxygen atoms in total. The number of ether oxygens (including phenoxy) is 1. The van der Waals surface area contributed by atoms with E-state index in [-0.39, 0.29) is 28.7 Å². The number of hydrogen-bond acceptors (Lipinski definition) is 5. The molecule has 0 fully saturated rings. The maximum Gasteiger partial charge on any atom is 0.265 e. The Hall–Kier alpha value is -3.73. The molecule has 2 aliphatic heterocycles. The largest absolute Gasteiger partial charge is 0.439 e. The summed E-state index contributed by atoms with van der Waals surface area (Å²) in [5.41, 5.74) is 9.66. The molecule has 8 heteroatoms. The SMILES string of the molecule is Cc1cccc(CN2c3ccccc3C3=C(C(c4cccc(Cl)c4)C(C#N)=C(N)O3)S2(=O)=O)c1. The Morgan fingerprint density at radius 3 is 2.59 bits per heavy atom. The first-order valence-electron chi connectivity index (χ1n) is 10.6. The van der Waals surface area contributed by atoms with E-state index in [0.717, 1.165) is 11.1 Å².